The highest BCUT2D eigenvalue weighted by molar-refractivity contribution is 9.10. The largest absolute Gasteiger partial charge is 0.324 e. The minimum atomic E-state index is -0.324. The van der Waals surface area contributed by atoms with Gasteiger partial charge in [-0.3, -0.25) is 4.68 Å². The van der Waals surface area contributed by atoms with Crippen molar-refractivity contribution in [2.24, 2.45) is 12.8 Å². The molecular weight excluding hydrogens is 333 g/mol. The molecule has 0 saturated carbocycles. The van der Waals surface area contributed by atoms with E-state index >= 15 is 0 Å². The Morgan fingerprint density at radius 1 is 1.53 bits per heavy atom. The normalized spacial score (nSPS) is 12.7. The van der Waals surface area contributed by atoms with Crippen LogP contribution in [0.2, 0.25) is 5.02 Å². The molecule has 0 aliphatic heterocycles. The lowest BCUT2D eigenvalue weighted by molar-refractivity contribution is 0.605. The summed E-state index contributed by atoms with van der Waals surface area (Å²) < 4.78 is 15.6. The number of benzene rings is 1. The highest BCUT2D eigenvalue weighted by Gasteiger charge is 2.16. The molecule has 2 rings (SSSR count). The standard InChI is InChI=1S/C13H14BrClFN3/c1-7-13(15)12(19(2)18-7)6-11(17)8-3-4-9(14)10(16)5-8/h3-5,11H,6,17H2,1-2H3. The molecular formula is C13H14BrClFN3. The third-order valence-electron chi connectivity index (χ3n) is 3.05. The van der Waals surface area contributed by atoms with E-state index in [4.69, 9.17) is 17.3 Å². The van der Waals surface area contributed by atoms with E-state index in [-0.39, 0.29) is 11.9 Å². The molecule has 19 heavy (non-hydrogen) atoms. The van der Waals surface area contributed by atoms with Crippen LogP contribution in [0.3, 0.4) is 0 Å². The molecule has 2 N–H and O–H groups in total. The van der Waals surface area contributed by atoms with Gasteiger partial charge in [0, 0.05) is 19.5 Å². The fourth-order valence-corrected chi connectivity index (χ4v) is 2.45. The topological polar surface area (TPSA) is 43.8 Å². The summed E-state index contributed by atoms with van der Waals surface area (Å²) in [5.74, 6) is -0.319. The number of hydrogen-bond acceptors (Lipinski definition) is 2. The van der Waals surface area contributed by atoms with Crippen LogP contribution in [0.5, 0.6) is 0 Å². The fourth-order valence-electron chi connectivity index (χ4n) is 1.97. The maximum atomic E-state index is 13.5. The Morgan fingerprint density at radius 2 is 2.21 bits per heavy atom. The molecule has 0 fully saturated rings. The van der Waals surface area contributed by atoms with Crippen LogP contribution in [0, 0.1) is 12.7 Å². The molecule has 0 saturated heterocycles. The monoisotopic (exact) mass is 345 g/mol. The Morgan fingerprint density at radius 3 is 2.74 bits per heavy atom. The number of aryl methyl sites for hydroxylation is 2. The van der Waals surface area contributed by atoms with Crippen molar-refractivity contribution in [2.75, 3.05) is 0 Å². The predicted molar refractivity (Wildman–Crippen MR) is 77.7 cm³/mol. The molecule has 1 heterocycles. The minimum absolute atomic E-state index is 0.319. The van der Waals surface area contributed by atoms with Crippen molar-refractivity contribution in [3.63, 3.8) is 0 Å². The minimum Gasteiger partial charge on any atom is -0.324 e. The average Bonchev–Trinajstić information content (AvgIpc) is 2.59. The highest BCUT2D eigenvalue weighted by atomic mass is 79.9. The SMILES string of the molecule is Cc1nn(C)c(CC(N)c2ccc(Br)c(F)c2)c1Cl. The first kappa shape index (κ1) is 14.5. The maximum Gasteiger partial charge on any atom is 0.137 e. The zero-order chi connectivity index (χ0) is 14.2. The van der Waals surface area contributed by atoms with Gasteiger partial charge < -0.3 is 5.73 Å². The van der Waals surface area contributed by atoms with Gasteiger partial charge in [-0.2, -0.15) is 5.10 Å². The lowest BCUT2D eigenvalue weighted by Crippen LogP contribution is -2.16. The summed E-state index contributed by atoms with van der Waals surface area (Å²) in [6, 6.07) is 4.57. The van der Waals surface area contributed by atoms with Crippen molar-refractivity contribution < 1.29 is 4.39 Å². The molecule has 0 amide bonds. The molecule has 0 aliphatic carbocycles. The summed E-state index contributed by atoms with van der Waals surface area (Å²) in [6.45, 7) is 1.84. The molecule has 0 spiro atoms. The summed E-state index contributed by atoms with van der Waals surface area (Å²) >= 11 is 9.30. The van der Waals surface area contributed by atoms with Crippen molar-refractivity contribution in [1.82, 2.24) is 9.78 Å². The van der Waals surface area contributed by atoms with Gasteiger partial charge in [-0.25, -0.2) is 4.39 Å². The van der Waals surface area contributed by atoms with Crippen molar-refractivity contribution >= 4 is 27.5 Å². The van der Waals surface area contributed by atoms with E-state index in [2.05, 4.69) is 21.0 Å². The lowest BCUT2D eigenvalue weighted by Gasteiger charge is -2.13. The summed E-state index contributed by atoms with van der Waals surface area (Å²) in [6.07, 6.45) is 0.511. The van der Waals surface area contributed by atoms with Gasteiger partial charge in [0.1, 0.15) is 5.82 Å². The molecule has 3 nitrogen and oxygen atoms in total. The van der Waals surface area contributed by atoms with Crippen LogP contribution >= 0.6 is 27.5 Å². The number of nitrogens with two attached hydrogens (primary N) is 1. The van der Waals surface area contributed by atoms with Crippen molar-refractivity contribution in [3.05, 3.63) is 50.5 Å². The zero-order valence-electron chi connectivity index (χ0n) is 10.6. The van der Waals surface area contributed by atoms with Gasteiger partial charge in [0.05, 0.1) is 20.9 Å². The first-order valence-corrected chi connectivity index (χ1v) is 6.95. The third-order valence-corrected chi connectivity index (χ3v) is 4.18. The van der Waals surface area contributed by atoms with Crippen LogP contribution in [0.4, 0.5) is 4.39 Å². The Kier molecular flexibility index (Phi) is 4.28. The lowest BCUT2D eigenvalue weighted by atomic mass is 10.0. The first-order valence-electron chi connectivity index (χ1n) is 5.78. The van der Waals surface area contributed by atoms with E-state index in [1.807, 2.05) is 14.0 Å². The summed E-state index contributed by atoms with van der Waals surface area (Å²) in [5, 5.41) is 4.86. The van der Waals surface area contributed by atoms with Gasteiger partial charge in [0.2, 0.25) is 0 Å². The van der Waals surface area contributed by atoms with E-state index in [0.29, 0.717) is 15.9 Å². The van der Waals surface area contributed by atoms with E-state index < -0.39 is 0 Å². The molecule has 0 bridgehead atoms. The summed E-state index contributed by atoms with van der Waals surface area (Å²) in [7, 11) is 1.82. The van der Waals surface area contributed by atoms with Crippen molar-refractivity contribution in [2.45, 2.75) is 19.4 Å². The predicted octanol–water partition coefficient (Wildman–Crippen LogP) is 3.53. The fraction of sp³-hybridized carbons (Fsp3) is 0.308. The summed E-state index contributed by atoms with van der Waals surface area (Å²) in [4.78, 5) is 0. The van der Waals surface area contributed by atoms with Crippen LogP contribution in [-0.4, -0.2) is 9.78 Å². The molecule has 2 aromatic rings. The second-order valence-corrected chi connectivity index (χ2v) is 5.69. The molecule has 1 aromatic carbocycles. The number of nitrogens with zero attached hydrogens (tertiary/aromatic N) is 2. The quantitative estimate of drug-likeness (QED) is 0.924. The molecule has 1 aromatic heterocycles. The highest BCUT2D eigenvalue weighted by Crippen LogP contribution is 2.26. The number of rotatable bonds is 3. The zero-order valence-corrected chi connectivity index (χ0v) is 13.0. The Hall–Kier alpha value is -0.910. The van der Waals surface area contributed by atoms with Gasteiger partial charge in [-0.05, 0) is 40.5 Å². The molecule has 1 atom stereocenters. The van der Waals surface area contributed by atoms with Gasteiger partial charge in [-0.1, -0.05) is 17.7 Å². The number of aromatic nitrogens is 2. The van der Waals surface area contributed by atoms with Crippen molar-refractivity contribution in [1.29, 1.82) is 0 Å². The Balaban J connectivity index is 2.25. The van der Waals surface area contributed by atoms with E-state index in [9.17, 15) is 4.39 Å². The average molecular weight is 347 g/mol. The van der Waals surface area contributed by atoms with Gasteiger partial charge in [0.25, 0.3) is 0 Å². The first-order chi connectivity index (χ1) is 8.90. The Bertz CT molecular complexity index is 612. The third kappa shape index (κ3) is 2.99. The molecule has 1 unspecified atom stereocenters. The molecule has 0 aliphatic rings. The van der Waals surface area contributed by atoms with Crippen LogP contribution in [-0.2, 0) is 13.5 Å². The van der Waals surface area contributed by atoms with E-state index in [0.717, 1.165) is 17.0 Å². The van der Waals surface area contributed by atoms with Gasteiger partial charge in [-0.15, -0.1) is 0 Å². The van der Waals surface area contributed by atoms with Gasteiger partial charge in [0.15, 0.2) is 0 Å². The number of hydrogen-bond donors (Lipinski definition) is 1. The van der Waals surface area contributed by atoms with Crippen LogP contribution in [0.1, 0.15) is 23.0 Å². The van der Waals surface area contributed by atoms with Crippen LogP contribution < -0.4 is 5.73 Å². The summed E-state index contributed by atoms with van der Waals surface area (Å²) in [5.41, 5.74) is 8.47. The molecule has 0 radical (unpaired) electrons. The second-order valence-electron chi connectivity index (χ2n) is 4.45. The van der Waals surface area contributed by atoms with E-state index in [1.54, 1.807) is 16.8 Å². The number of halogens is 3. The maximum absolute atomic E-state index is 13.5. The molecule has 6 heteroatoms. The van der Waals surface area contributed by atoms with Crippen LogP contribution in [0.25, 0.3) is 0 Å². The van der Waals surface area contributed by atoms with Crippen molar-refractivity contribution in [3.8, 4) is 0 Å². The van der Waals surface area contributed by atoms with E-state index in [1.165, 1.54) is 6.07 Å². The smallest absolute Gasteiger partial charge is 0.137 e. The second kappa shape index (κ2) is 5.61. The molecule has 102 valence electrons. The Labute approximate surface area is 124 Å². The van der Waals surface area contributed by atoms with Gasteiger partial charge >= 0.3 is 0 Å². The van der Waals surface area contributed by atoms with Crippen LogP contribution in [0.15, 0.2) is 22.7 Å².